The first-order valence-electron chi connectivity index (χ1n) is 6.06. The first kappa shape index (κ1) is 13.6. The second-order valence-electron chi connectivity index (χ2n) is 4.15. The molecule has 0 radical (unpaired) electrons. The highest BCUT2D eigenvalue weighted by atomic mass is 35.5. The molecule has 0 saturated heterocycles. The summed E-state index contributed by atoms with van der Waals surface area (Å²) in [7, 11) is 1.65. The third kappa shape index (κ3) is 2.96. The number of nitrogens with one attached hydrogen (secondary N) is 1. The number of aryl methyl sites for hydroxylation is 1. The lowest BCUT2D eigenvalue weighted by molar-refractivity contribution is 0.414. The summed E-state index contributed by atoms with van der Waals surface area (Å²) in [5.41, 5.74) is 2.97. The molecule has 0 aliphatic carbocycles. The van der Waals surface area contributed by atoms with Crippen LogP contribution in [0.1, 0.15) is 18.1 Å². The number of hydrogen-bond acceptors (Lipinski definition) is 4. The van der Waals surface area contributed by atoms with Gasteiger partial charge in [-0.2, -0.15) is 0 Å². The zero-order valence-corrected chi connectivity index (χ0v) is 12.0. The number of benzene rings is 1. The molecule has 0 spiro atoms. The molecule has 4 nitrogen and oxygen atoms in total. The molecule has 19 heavy (non-hydrogen) atoms. The maximum atomic E-state index is 6.07. The van der Waals surface area contributed by atoms with Gasteiger partial charge in [-0.1, -0.05) is 18.5 Å². The Bertz CT molecular complexity index is 587. The van der Waals surface area contributed by atoms with E-state index in [9.17, 15) is 0 Å². The Balaban J connectivity index is 2.34. The molecule has 1 N–H and O–H groups in total. The van der Waals surface area contributed by atoms with Gasteiger partial charge in [0.15, 0.2) is 0 Å². The number of hydrogen-bond donors (Lipinski definition) is 1. The normalized spacial score (nSPS) is 10.3. The molecule has 0 atom stereocenters. The molecule has 0 aliphatic rings. The fourth-order valence-corrected chi connectivity index (χ4v) is 2.11. The van der Waals surface area contributed by atoms with E-state index in [-0.39, 0.29) is 0 Å². The van der Waals surface area contributed by atoms with E-state index in [4.69, 9.17) is 16.3 Å². The molecule has 1 aromatic carbocycles. The Morgan fingerprint density at radius 2 is 2.11 bits per heavy atom. The first-order chi connectivity index (χ1) is 9.15. The SMILES string of the molecule is CCc1c(Cl)ncnc1Nc1ccc(OC)cc1C. The molecule has 5 heteroatoms. The zero-order chi connectivity index (χ0) is 13.8. The molecular weight excluding hydrogens is 262 g/mol. The molecule has 0 aliphatic heterocycles. The summed E-state index contributed by atoms with van der Waals surface area (Å²) < 4.78 is 5.19. The number of halogens is 1. The van der Waals surface area contributed by atoms with Crippen molar-refractivity contribution in [1.82, 2.24) is 9.97 Å². The van der Waals surface area contributed by atoms with E-state index in [1.807, 2.05) is 32.0 Å². The van der Waals surface area contributed by atoms with Crippen molar-refractivity contribution >= 4 is 23.1 Å². The van der Waals surface area contributed by atoms with E-state index in [1.165, 1.54) is 6.33 Å². The standard InChI is InChI=1S/C14H16ClN3O/c1-4-11-13(15)16-8-17-14(11)18-12-6-5-10(19-3)7-9(12)2/h5-8H,4H2,1-3H3,(H,16,17,18). The summed E-state index contributed by atoms with van der Waals surface area (Å²) in [4.78, 5) is 8.25. The first-order valence-corrected chi connectivity index (χ1v) is 6.44. The van der Waals surface area contributed by atoms with Gasteiger partial charge < -0.3 is 10.1 Å². The Labute approximate surface area is 117 Å². The summed E-state index contributed by atoms with van der Waals surface area (Å²) in [6, 6.07) is 5.84. The summed E-state index contributed by atoms with van der Waals surface area (Å²) >= 11 is 6.07. The molecule has 0 unspecified atom stereocenters. The van der Waals surface area contributed by atoms with Crippen molar-refractivity contribution in [2.75, 3.05) is 12.4 Å². The molecule has 0 bridgehead atoms. The van der Waals surface area contributed by atoms with Gasteiger partial charge in [-0.3, -0.25) is 0 Å². The molecule has 0 fully saturated rings. The Kier molecular flexibility index (Phi) is 4.22. The Hall–Kier alpha value is -1.81. The Morgan fingerprint density at radius 1 is 1.32 bits per heavy atom. The fourth-order valence-electron chi connectivity index (χ4n) is 1.84. The lowest BCUT2D eigenvalue weighted by Crippen LogP contribution is -2.02. The van der Waals surface area contributed by atoms with E-state index in [1.54, 1.807) is 7.11 Å². The highest BCUT2D eigenvalue weighted by Crippen LogP contribution is 2.27. The van der Waals surface area contributed by atoms with Crippen molar-refractivity contribution < 1.29 is 4.74 Å². The minimum absolute atomic E-state index is 0.492. The average molecular weight is 278 g/mol. The lowest BCUT2D eigenvalue weighted by Gasteiger charge is -2.13. The van der Waals surface area contributed by atoms with Crippen LogP contribution in [0.2, 0.25) is 5.15 Å². The van der Waals surface area contributed by atoms with Crippen LogP contribution >= 0.6 is 11.6 Å². The number of ether oxygens (including phenoxy) is 1. The summed E-state index contributed by atoms with van der Waals surface area (Å²) in [6.07, 6.45) is 2.24. The number of aromatic nitrogens is 2. The third-order valence-electron chi connectivity index (χ3n) is 2.93. The predicted octanol–water partition coefficient (Wildman–Crippen LogP) is 3.75. The summed E-state index contributed by atoms with van der Waals surface area (Å²) in [5.74, 6) is 1.58. The van der Waals surface area contributed by atoms with Crippen molar-refractivity contribution in [2.24, 2.45) is 0 Å². The van der Waals surface area contributed by atoms with Crippen LogP contribution < -0.4 is 10.1 Å². The molecular formula is C14H16ClN3O. The van der Waals surface area contributed by atoms with Crippen LogP contribution in [0.25, 0.3) is 0 Å². The second kappa shape index (κ2) is 5.89. The Morgan fingerprint density at radius 3 is 2.74 bits per heavy atom. The van der Waals surface area contributed by atoms with Crippen LogP contribution in [0.4, 0.5) is 11.5 Å². The minimum Gasteiger partial charge on any atom is -0.497 e. The van der Waals surface area contributed by atoms with Crippen molar-refractivity contribution in [1.29, 1.82) is 0 Å². The van der Waals surface area contributed by atoms with Gasteiger partial charge >= 0.3 is 0 Å². The molecule has 1 aromatic heterocycles. The fraction of sp³-hybridized carbons (Fsp3) is 0.286. The predicted molar refractivity (Wildman–Crippen MR) is 77.4 cm³/mol. The quantitative estimate of drug-likeness (QED) is 0.865. The van der Waals surface area contributed by atoms with Gasteiger partial charge in [0.05, 0.1) is 7.11 Å². The van der Waals surface area contributed by atoms with Gasteiger partial charge in [-0.05, 0) is 37.1 Å². The van der Waals surface area contributed by atoms with Gasteiger partial charge in [0, 0.05) is 11.3 Å². The maximum absolute atomic E-state index is 6.07. The number of rotatable bonds is 4. The van der Waals surface area contributed by atoms with E-state index in [0.29, 0.717) is 5.15 Å². The number of methoxy groups -OCH3 is 1. The van der Waals surface area contributed by atoms with Crippen molar-refractivity contribution in [2.45, 2.75) is 20.3 Å². The summed E-state index contributed by atoms with van der Waals surface area (Å²) in [5, 5.41) is 3.78. The largest absolute Gasteiger partial charge is 0.497 e. The minimum atomic E-state index is 0.492. The highest BCUT2D eigenvalue weighted by molar-refractivity contribution is 6.30. The second-order valence-corrected chi connectivity index (χ2v) is 4.51. The average Bonchev–Trinajstić information content (AvgIpc) is 2.41. The van der Waals surface area contributed by atoms with Crippen LogP contribution in [-0.2, 0) is 6.42 Å². The van der Waals surface area contributed by atoms with Crippen molar-refractivity contribution in [3.63, 3.8) is 0 Å². The van der Waals surface area contributed by atoms with Crippen LogP contribution in [-0.4, -0.2) is 17.1 Å². The lowest BCUT2D eigenvalue weighted by atomic mass is 10.1. The molecule has 2 rings (SSSR count). The van der Waals surface area contributed by atoms with Crippen molar-refractivity contribution in [3.05, 3.63) is 40.8 Å². The van der Waals surface area contributed by atoms with Gasteiger partial charge in [-0.25, -0.2) is 9.97 Å². The van der Waals surface area contributed by atoms with Gasteiger partial charge in [-0.15, -0.1) is 0 Å². The van der Waals surface area contributed by atoms with Crippen molar-refractivity contribution in [3.8, 4) is 5.75 Å². The molecule has 1 heterocycles. The van der Waals surface area contributed by atoms with Crippen LogP contribution in [0, 0.1) is 6.92 Å². The van der Waals surface area contributed by atoms with E-state index < -0.39 is 0 Å². The van der Waals surface area contributed by atoms with Gasteiger partial charge in [0.1, 0.15) is 23.0 Å². The zero-order valence-electron chi connectivity index (χ0n) is 11.2. The van der Waals surface area contributed by atoms with E-state index in [2.05, 4.69) is 15.3 Å². The smallest absolute Gasteiger partial charge is 0.138 e. The molecule has 0 saturated carbocycles. The van der Waals surface area contributed by atoms with E-state index in [0.717, 1.165) is 34.8 Å². The highest BCUT2D eigenvalue weighted by Gasteiger charge is 2.09. The van der Waals surface area contributed by atoms with Gasteiger partial charge in [0.2, 0.25) is 0 Å². The number of anilines is 2. The topological polar surface area (TPSA) is 47.0 Å². The molecule has 2 aromatic rings. The van der Waals surface area contributed by atoms with Gasteiger partial charge in [0.25, 0.3) is 0 Å². The number of nitrogens with zero attached hydrogens (tertiary/aromatic N) is 2. The van der Waals surface area contributed by atoms with Crippen LogP contribution in [0.3, 0.4) is 0 Å². The maximum Gasteiger partial charge on any atom is 0.138 e. The summed E-state index contributed by atoms with van der Waals surface area (Å²) in [6.45, 7) is 4.04. The van der Waals surface area contributed by atoms with Crippen LogP contribution in [0.5, 0.6) is 5.75 Å². The van der Waals surface area contributed by atoms with Crippen LogP contribution in [0.15, 0.2) is 24.5 Å². The third-order valence-corrected chi connectivity index (χ3v) is 3.26. The molecule has 0 amide bonds. The monoisotopic (exact) mass is 277 g/mol. The van der Waals surface area contributed by atoms with E-state index >= 15 is 0 Å². The molecule has 100 valence electrons.